The number of unbranched alkanes of at least 4 members (excludes halogenated alkanes) is 33. The van der Waals surface area contributed by atoms with Gasteiger partial charge < -0.3 is 14.2 Å². The third-order valence-corrected chi connectivity index (χ3v) is 13.0. The molecule has 0 unspecified atom stereocenters. The van der Waals surface area contributed by atoms with Crippen molar-refractivity contribution in [1.29, 1.82) is 0 Å². The van der Waals surface area contributed by atoms with Crippen LogP contribution in [0.5, 0.6) is 0 Å². The maximum Gasteiger partial charge on any atom is 0.306 e. The number of carbonyl (C=O) groups excluding carboxylic acids is 3. The van der Waals surface area contributed by atoms with E-state index in [4.69, 9.17) is 14.2 Å². The standard InChI is InChI=1S/C63H112O6/c1-4-7-10-13-16-19-22-25-28-31-34-37-40-43-46-49-52-55-61(64)67-58-60(69-63(66)57-54-51-48-45-42-39-36-33-30-27-24-21-18-15-12-9-6-3)59-68-62(65)56-53-50-47-44-41-38-35-32-29-26-23-20-17-14-11-8-5-2/h7,10,16,19,25,27-28,30,34,37,60H,4-6,8-9,11-15,17-18,20-24,26,29,31-33,35-36,38-59H2,1-3H3/b10-7-,19-16-,28-25-,30-27-,37-34-/t60-/m1/s1. The van der Waals surface area contributed by atoms with Crippen molar-refractivity contribution in [2.24, 2.45) is 0 Å². The molecule has 0 aromatic carbocycles. The molecule has 1 atom stereocenters. The van der Waals surface area contributed by atoms with Crippen LogP contribution in [0.1, 0.15) is 303 Å². The third kappa shape index (κ3) is 55.9. The van der Waals surface area contributed by atoms with Crippen LogP contribution in [0.25, 0.3) is 0 Å². The number of ether oxygens (including phenoxy) is 3. The van der Waals surface area contributed by atoms with E-state index in [1.54, 1.807) is 0 Å². The lowest BCUT2D eigenvalue weighted by molar-refractivity contribution is -0.167. The molecule has 0 spiro atoms. The summed E-state index contributed by atoms with van der Waals surface area (Å²) in [6.45, 7) is 6.54. The van der Waals surface area contributed by atoms with Gasteiger partial charge in [-0.1, -0.05) is 261 Å². The fourth-order valence-electron chi connectivity index (χ4n) is 8.55. The van der Waals surface area contributed by atoms with Gasteiger partial charge in [0.05, 0.1) is 0 Å². The van der Waals surface area contributed by atoms with Gasteiger partial charge in [-0.2, -0.15) is 0 Å². The molecule has 6 heteroatoms. The van der Waals surface area contributed by atoms with E-state index in [0.717, 1.165) is 96.3 Å². The molecule has 400 valence electrons. The Labute approximate surface area is 428 Å². The molecule has 0 rings (SSSR count). The Morgan fingerprint density at radius 2 is 0.565 bits per heavy atom. The Bertz CT molecular complexity index is 1250. The number of rotatable bonds is 54. The van der Waals surface area contributed by atoms with Gasteiger partial charge in [-0.15, -0.1) is 0 Å². The zero-order chi connectivity index (χ0) is 50.0. The lowest BCUT2D eigenvalue weighted by Crippen LogP contribution is -2.30. The Morgan fingerprint density at radius 3 is 0.899 bits per heavy atom. The molecule has 0 saturated heterocycles. The second-order valence-corrected chi connectivity index (χ2v) is 19.9. The van der Waals surface area contributed by atoms with Gasteiger partial charge in [0.1, 0.15) is 13.2 Å². The van der Waals surface area contributed by atoms with Crippen LogP contribution in [-0.4, -0.2) is 37.2 Å². The molecule has 0 fully saturated rings. The van der Waals surface area contributed by atoms with Crippen LogP contribution in [0.3, 0.4) is 0 Å². The predicted octanol–water partition coefficient (Wildman–Crippen LogP) is 20.0. The van der Waals surface area contributed by atoms with Gasteiger partial charge in [0.25, 0.3) is 0 Å². The molecule has 69 heavy (non-hydrogen) atoms. The molecule has 0 amide bonds. The summed E-state index contributed by atoms with van der Waals surface area (Å²) in [5, 5.41) is 0. The average molecular weight is 966 g/mol. The molecule has 0 aliphatic heterocycles. The van der Waals surface area contributed by atoms with Gasteiger partial charge in [0, 0.05) is 19.3 Å². The molecule has 0 aromatic rings. The number of allylic oxidation sites excluding steroid dienone is 10. The fraction of sp³-hybridized carbons (Fsp3) is 0.794. The first-order valence-electron chi connectivity index (χ1n) is 29.8. The number of hydrogen-bond donors (Lipinski definition) is 0. The first-order chi connectivity index (χ1) is 34.0. The van der Waals surface area contributed by atoms with Gasteiger partial charge in [0.2, 0.25) is 0 Å². The highest BCUT2D eigenvalue weighted by atomic mass is 16.6. The zero-order valence-corrected chi connectivity index (χ0v) is 45.8. The molecule has 6 nitrogen and oxygen atoms in total. The summed E-state index contributed by atoms with van der Waals surface area (Å²) < 4.78 is 16.9. The van der Waals surface area contributed by atoms with Crippen molar-refractivity contribution in [3.05, 3.63) is 60.8 Å². The highest BCUT2D eigenvalue weighted by Gasteiger charge is 2.19. The van der Waals surface area contributed by atoms with Gasteiger partial charge in [0.15, 0.2) is 6.10 Å². The van der Waals surface area contributed by atoms with Crippen molar-refractivity contribution in [1.82, 2.24) is 0 Å². The van der Waals surface area contributed by atoms with Crippen molar-refractivity contribution < 1.29 is 28.6 Å². The lowest BCUT2D eigenvalue weighted by atomic mass is 10.0. The van der Waals surface area contributed by atoms with E-state index < -0.39 is 6.10 Å². The quantitative estimate of drug-likeness (QED) is 0.0262. The number of carbonyl (C=O) groups is 3. The van der Waals surface area contributed by atoms with Crippen LogP contribution in [0.2, 0.25) is 0 Å². The average Bonchev–Trinajstić information content (AvgIpc) is 3.35. The van der Waals surface area contributed by atoms with Crippen molar-refractivity contribution in [3.63, 3.8) is 0 Å². The fourth-order valence-corrected chi connectivity index (χ4v) is 8.55. The van der Waals surface area contributed by atoms with Crippen LogP contribution in [0.15, 0.2) is 60.8 Å². The molecule has 0 N–H and O–H groups in total. The minimum Gasteiger partial charge on any atom is -0.462 e. The molecule has 0 saturated carbocycles. The topological polar surface area (TPSA) is 78.9 Å². The Morgan fingerprint density at radius 1 is 0.304 bits per heavy atom. The molecule has 0 aromatic heterocycles. The minimum atomic E-state index is -0.785. The molecule has 0 radical (unpaired) electrons. The van der Waals surface area contributed by atoms with Crippen LogP contribution in [0, 0.1) is 0 Å². The summed E-state index contributed by atoms with van der Waals surface area (Å²) in [6.07, 6.45) is 72.1. The van der Waals surface area contributed by atoms with Crippen molar-refractivity contribution in [2.45, 2.75) is 309 Å². The van der Waals surface area contributed by atoms with Crippen LogP contribution >= 0.6 is 0 Å². The van der Waals surface area contributed by atoms with E-state index >= 15 is 0 Å². The second-order valence-electron chi connectivity index (χ2n) is 19.9. The first kappa shape index (κ1) is 66.1. The van der Waals surface area contributed by atoms with Crippen LogP contribution in [0.4, 0.5) is 0 Å². The number of esters is 3. The summed E-state index contributed by atoms with van der Waals surface area (Å²) in [6, 6.07) is 0. The van der Waals surface area contributed by atoms with Gasteiger partial charge >= 0.3 is 17.9 Å². The summed E-state index contributed by atoms with van der Waals surface area (Å²) in [7, 11) is 0. The van der Waals surface area contributed by atoms with E-state index in [0.29, 0.717) is 19.3 Å². The lowest BCUT2D eigenvalue weighted by Gasteiger charge is -2.18. The predicted molar refractivity (Wildman–Crippen MR) is 298 cm³/mol. The maximum atomic E-state index is 12.9. The minimum absolute atomic E-state index is 0.0810. The molecule has 0 bridgehead atoms. The highest BCUT2D eigenvalue weighted by Crippen LogP contribution is 2.16. The van der Waals surface area contributed by atoms with E-state index in [9.17, 15) is 14.4 Å². The Balaban J connectivity index is 4.40. The highest BCUT2D eigenvalue weighted by molar-refractivity contribution is 5.71. The normalized spacial score (nSPS) is 12.4. The summed E-state index contributed by atoms with van der Waals surface area (Å²) in [5.74, 6) is -0.895. The largest absolute Gasteiger partial charge is 0.462 e. The summed E-state index contributed by atoms with van der Waals surface area (Å²) >= 11 is 0. The van der Waals surface area contributed by atoms with Gasteiger partial charge in [-0.3, -0.25) is 14.4 Å². The third-order valence-electron chi connectivity index (χ3n) is 13.0. The molecule has 0 aliphatic carbocycles. The van der Waals surface area contributed by atoms with Crippen LogP contribution in [-0.2, 0) is 28.6 Å². The molecular formula is C63H112O6. The molecule has 0 heterocycles. The smallest absolute Gasteiger partial charge is 0.306 e. The monoisotopic (exact) mass is 965 g/mol. The van der Waals surface area contributed by atoms with Gasteiger partial charge in [-0.25, -0.2) is 0 Å². The summed E-state index contributed by atoms with van der Waals surface area (Å²) in [5.41, 5.74) is 0. The molecular weight excluding hydrogens is 853 g/mol. The van der Waals surface area contributed by atoms with Crippen molar-refractivity contribution in [3.8, 4) is 0 Å². The van der Waals surface area contributed by atoms with E-state index in [1.807, 2.05) is 0 Å². The van der Waals surface area contributed by atoms with E-state index in [-0.39, 0.29) is 31.1 Å². The SMILES string of the molecule is CC/C=C\C/C=C\C/C=C\C/C=C\CCCCCCC(=O)OC[C@H](COC(=O)CCCCCCCCCCCCCCCCCCC)OC(=O)CCCCCCCCC/C=C\CCCCCCCC. The Kier molecular flexibility index (Phi) is 55.3. The van der Waals surface area contributed by atoms with Crippen molar-refractivity contribution in [2.75, 3.05) is 13.2 Å². The van der Waals surface area contributed by atoms with Crippen LogP contribution < -0.4 is 0 Å². The second kappa shape index (κ2) is 57.7. The van der Waals surface area contributed by atoms with E-state index in [1.165, 1.54) is 167 Å². The molecule has 0 aliphatic rings. The first-order valence-corrected chi connectivity index (χ1v) is 29.8. The van der Waals surface area contributed by atoms with E-state index in [2.05, 4.69) is 81.5 Å². The van der Waals surface area contributed by atoms with Crippen molar-refractivity contribution >= 4 is 17.9 Å². The zero-order valence-electron chi connectivity index (χ0n) is 45.8. The summed E-state index contributed by atoms with van der Waals surface area (Å²) in [4.78, 5) is 38.2. The number of hydrogen-bond acceptors (Lipinski definition) is 6. The maximum absolute atomic E-state index is 12.9. The van der Waals surface area contributed by atoms with Gasteiger partial charge in [-0.05, 0) is 83.5 Å². The Hall–Kier alpha value is -2.89.